The fourth-order valence-corrected chi connectivity index (χ4v) is 3.57. The van der Waals surface area contributed by atoms with Gasteiger partial charge in [0.25, 0.3) is 0 Å². The first kappa shape index (κ1) is 17.6. The molecule has 0 aromatic heterocycles. The van der Waals surface area contributed by atoms with Gasteiger partial charge in [-0.1, -0.05) is 26.0 Å². The number of nitriles is 1. The fraction of sp³-hybridized carbons (Fsp3) is 0.533. The van der Waals surface area contributed by atoms with Crippen molar-refractivity contribution in [3.8, 4) is 6.07 Å². The van der Waals surface area contributed by atoms with E-state index in [2.05, 4.69) is 5.32 Å². The van der Waals surface area contributed by atoms with Gasteiger partial charge in [0, 0.05) is 25.6 Å². The van der Waals surface area contributed by atoms with E-state index in [-0.39, 0.29) is 23.9 Å². The van der Waals surface area contributed by atoms with Crippen LogP contribution in [0.1, 0.15) is 38.8 Å². The minimum Gasteiger partial charge on any atom is -0.310 e. The highest BCUT2D eigenvalue weighted by molar-refractivity contribution is 7.89. The highest BCUT2D eigenvalue weighted by Crippen LogP contribution is 2.19. The van der Waals surface area contributed by atoms with E-state index in [4.69, 9.17) is 5.26 Å². The zero-order valence-electron chi connectivity index (χ0n) is 12.8. The summed E-state index contributed by atoms with van der Waals surface area (Å²) in [4.78, 5) is 0.273. The standard InChI is InChI=1S/C15H23N3O2S/c1-4-17-13(3)14-7-9-15(10-8-14)21(19,20)18(5-2)12-6-11-16/h7-10,13,17H,4-6,12H2,1-3H3. The van der Waals surface area contributed by atoms with Gasteiger partial charge in [-0.15, -0.1) is 0 Å². The normalized spacial score (nSPS) is 13.1. The van der Waals surface area contributed by atoms with E-state index in [9.17, 15) is 8.42 Å². The molecule has 0 aliphatic rings. The van der Waals surface area contributed by atoms with Gasteiger partial charge in [-0.3, -0.25) is 0 Å². The maximum Gasteiger partial charge on any atom is 0.243 e. The Bertz CT molecular complexity index is 576. The van der Waals surface area contributed by atoms with Crippen molar-refractivity contribution >= 4 is 10.0 Å². The molecule has 1 N–H and O–H groups in total. The molecule has 1 aromatic carbocycles. The van der Waals surface area contributed by atoms with E-state index in [1.165, 1.54) is 4.31 Å². The minimum absolute atomic E-state index is 0.188. The van der Waals surface area contributed by atoms with Crippen molar-refractivity contribution in [1.29, 1.82) is 5.26 Å². The third-order valence-electron chi connectivity index (χ3n) is 3.35. The fourth-order valence-electron chi connectivity index (χ4n) is 2.12. The van der Waals surface area contributed by atoms with Crippen LogP contribution in [0.15, 0.2) is 29.2 Å². The largest absolute Gasteiger partial charge is 0.310 e. The zero-order chi connectivity index (χ0) is 15.9. The van der Waals surface area contributed by atoms with Gasteiger partial charge in [0.1, 0.15) is 0 Å². The molecule has 5 nitrogen and oxygen atoms in total. The molecule has 6 heteroatoms. The smallest absolute Gasteiger partial charge is 0.243 e. The van der Waals surface area contributed by atoms with Crippen LogP contribution in [0, 0.1) is 11.3 Å². The Balaban J connectivity index is 2.96. The number of benzene rings is 1. The highest BCUT2D eigenvalue weighted by Gasteiger charge is 2.22. The van der Waals surface area contributed by atoms with Crippen molar-refractivity contribution in [1.82, 2.24) is 9.62 Å². The molecule has 0 spiro atoms. The first-order valence-corrected chi connectivity index (χ1v) is 8.61. The van der Waals surface area contributed by atoms with Gasteiger partial charge in [0.15, 0.2) is 0 Å². The molecule has 1 rings (SSSR count). The summed E-state index contributed by atoms with van der Waals surface area (Å²) in [5, 5.41) is 11.9. The molecule has 0 radical (unpaired) electrons. The topological polar surface area (TPSA) is 73.2 Å². The lowest BCUT2D eigenvalue weighted by Crippen LogP contribution is -2.31. The summed E-state index contributed by atoms with van der Waals surface area (Å²) in [7, 11) is -3.52. The van der Waals surface area contributed by atoms with Crippen molar-refractivity contribution < 1.29 is 8.42 Å². The molecule has 1 atom stereocenters. The lowest BCUT2D eigenvalue weighted by Gasteiger charge is -2.20. The van der Waals surface area contributed by atoms with Gasteiger partial charge < -0.3 is 5.32 Å². The average molecular weight is 309 g/mol. The summed E-state index contributed by atoms with van der Waals surface area (Å²) in [5.41, 5.74) is 1.05. The molecule has 21 heavy (non-hydrogen) atoms. The van der Waals surface area contributed by atoms with Crippen LogP contribution in [0.4, 0.5) is 0 Å². The third kappa shape index (κ3) is 4.53. The van der Waals surface area contributed by atoms with Crippen molar-refractivity contribution in [3.05, 3.63) is 29.8 Å². The van der Waals surface area contributed by atoms with Gasteiger partial charge in [0.2, 0.25) is 10.0 Å². The molecule has 0 aliphatic heterocycles. The quantitative estimate of drug-likeness (QED) is 0.799. The van der Waals surface area contributed by atoms with Crippen molar-refractivity contribution in [3.63, 3.8) is 0 Å². The molecule has 0 fully saturated rings. The van der Waals surface area contributed by atoms with Gasteiger partial charge in [-0.05, 0) is 31.2 Å². The number of nitrogens with zero attached hydrogens (tertiary/aromatic N) is 2. The monoisotopic (exact) mass is 309 g/mol. The molecule has 0 bridgehead atoms. The summed E-state index contributed by atoms with van der Waals surface area (Å²) in [5.74, 6) is 0. The Hall–Kier alpha value is -1.42. The molecular formula is C15H23N3O2S. The Morgan fingerprint density at radius 1 is 1.29 bits per heavy atom. The molecule has 0 aliphatic carbocycles. The van der Waals surface area contributed by atoms with Crippen LogP contribution in [0.3, 0.4) is 0 Å². The van der Waals surface area contributed by atoms with E-state index in [0.29, 0.717) is 6.54 Å². The summed E-state index contributed by atoms with van der Waals surface area (Å²) in [6, 6.07) is 9.10. The van der Waals surface area contributed by atoms with Crippen molar-refractivity contribution in [2.24, 2.45) is 0 Å². The van der Waals surface area contributed by atoms with Crippen LogP contribution in [0.2, 0.25) is 0 Å². The van der Waals surface area contributed by atoms with Crippen LogP contribution in [0.5, 0.6) is 0 Å². The van der Waals surface area contributed by atoms with Crippen LogP contribution in [-0.2, 0) is 10.0 Å². The number of rotatable bonds is 8. The molecule has 1 aromatic rings. The zero-order valence-corrected chi connectivity index (χ0v) is 13.7. The van der Waals surface area contributed by atoms with E-state index in [1.54, 1.807) is 19.1 Å². The molecule has 0 saturated carbocycles. The van der Waals surface area contributed by atoms with Gasteiger partial charge >= 0.3 is 0 Å². The van der Waals surface area contributed by atoms with Gasteiger partial charge in [-0.25, -0.2) is 8.42 Å². The number of nitrogens with one attached hydrogen (secondary N) is 1. The summed E-state index contributed by atoms with van der Waals surface area (Å²) >= 11 is 0. The second kappa shape index (κ2) is 8.13. The second-order valence-electron chi connectivity index (χ2n) is 4.75. The van der Waals surface area contributed by atoms with Crippen LogP contribution >= 0.6 is 0 Å². The number of hydrogen-bond donors (Lipinski definition) is 1. The van der Waals surface area contributed by atoms with Crippen molar-refractivity contribution in [2.45, 2.75) is 38.1 Å². The van der Waals surface area contributed by atoms with Gasteiger partial charge in [0.05, 0.1) is 11.0 Å². The summed E-state index contributed by atoms with van der Waals surface area (Å²) in [6.07, 6.45) is 0.197. The molecule has 0 saturated heterocycles. The summed E-state index contributed by atoms with van der Waals surface area (Å²) in [6.45, 7) is 7.29. The van der Waals surface area contributed by atoms with Crippen LogP contribution in [-0.4, -0.2) is 32.4 Å². The summed E-state index contributed by atoms with van der Waals surface area (Å²) < 4.78 is 26.3. The van der Waals surface area contributed by atoms with E-state index < -0.39 is 10.0 Å². The number of sulfonamides is 1. The van der Waals surface area contributed by atoms with E-state index in [0.717, 1.165) is 12.1 Å². The average Bonchev–Trinajstić information content (AvgIpc) is 2.48. The lowest BCUT2D eigenvalue weighted by molar-refractivity contribution is 0.435. The van der Waals surface area contributed by atoms with Crippen LogP contribution in [0.25, 0.3) is 0 Å². The first-order chi connectivity index (χ1) is 9.97. The minimum atomic E-state index is -3.52. The Morgan fingerprint density at radius 3 is 2.38 bits per heavy atom. The Morgan fingerprint density at radius 2 is 1.90 bits per heavy atom. The molecule has 116 valence electrons. The predicted molar refractivity (Wildman–Crippen MR) is 83.2 cm³/mol. The second-order valence-corrected chi connectivity index (χ2v) is 6.69. The Labute approximate surface area is 127 Å². The maximum absolute atomic E-state index is 12.5. The number of hydrogen-bond acceptors (Lipinski definition) is 4. The first-order valence-electron chi connectivity index (χ1n) is 7.17. The SMILES string of the molecule is CCNC(C)c1ccc(S(=O)(=O)N(CC)CCC#N)cc1. The predicted octanol–water partition coefficient (Wildman–Crippen LogP) is 2.28. The van der Waals surface area contributed by atoms with Gasteiger partial charge in [-0.2, -0.15) is 9.57 Å². The van der Waals surface area contributed by atoms with E-state index >= 15 is 0 Å². The molecule has 0 amide bonds. The Kier molecular flexibility index (Phi) is 6.82. The van der Waals surface area contributed by atoms with Crippen LogP contribution < -0.4 is 5.32 Å². The molecular weight excluding hydrogens is 286 g/mol. The van der Waals surface area contributed by atoms with E-state index in [1.807, 2.05) is 32.0 Å². The maximum atomic E-state index is 12.5. The third-order valence-corrected chi connectivity index (χ3v) is 5.34. The highest BCUT2D eigenvalue weighted by atomic mass is 32.2. The molecule has 0 heterocycles. The molecule has 1 unspecified atom stereocenters. The van der Waals surface area contributed by atoms with Crippen molar-refractivity contribution in [2.75, 3.05) is 19.6 Å². The lowest BCUT2D eigenvalue weighted by atomic mass is 10.1.